The number of benzene rings is 3. The summed E-state index contributed by atoms with van der Waals surface area (Å²) in [5, 5.41) is 1.33. The molecule has 0 unspecified atom stereocenters. The maximum Gasteiger partial charge on any atom is 0.0349 e. The molecule has 4 aromatic rings. The van der Waals surface area contributed by atoms with E-state index in [4.69, 9.17) is 0 Å². The van der Waals surface area contributed by atoms with E-state index in [0.717, 1.165) is 25.7 Å². The normalized spacial score (nSPS) is 13.9. The second-order valence-electron chi connectivity index (χ2n) is 7.37. The zero-order valence-corrected chi connectivity index (χ0v) is 16.1. The Labute approximate surface area is 164 Å². The molecule has 0 atom stereocenters. The summed E-state index contributed by atoms with van der Waals surface area (Å²) in [7, 11) is 0. The average Bonchev–Trinajstić information content (AvgIpc) is 3.12. The van der Waals surface area contributed by atoms with Crippen LogP contribution in [-0.2, 0) is 25.7 Å². The molecule has 0 N–H and O–H groups in total. The third-order valence-corrected chi connectivity index (χ3v) is 6.57. The number of aryl methyl sites for hydroxylation is 4. The molecule has 4 bridgehead atoms. The molecule has 0 aliphatic heterocycles. The quantitative estimate of drug-likeness (QED) is 0.360. The van der Waals surface area contributed by atoms with Crippen LogP contribution < -0.4 is 0 Å². The van der Waals surface area contributed by atoms with E-state index in [9.17, 15) is 0 Å². The zero-order valence-electron chi connectivity index (χ0n) is 15.3. The fourth-order valence-electron chi connectivity index (χ4n) is 3.88. The van der Waals surface area contributed by atoms with Crippen molar-refractivity contribution in [3.63, 3.8) is 0 Å². The van der Waals surface area contributed by atoms with E-state index in [1.807, 2.05) is 11.3 Å². The molecule has 3 aromatic carbocycles. The summed E-state index contributed by atoms with van der Waals surface area (Å²) in [5.74, 6) is 0. The summed E-state index contributed by atoms with van der Waals surface area (Å²) < 4.78 is 1.36. The van der Waals surface area contributed by atoms with E-state index in [0.29, 0.717) is 0 Å². The molecule has 1 heterocycles. The lowest BCUT2D eigenvalue weighted by Crippen LogP contribution is -2.00. The van der Waals surface area contributed by atoms with Crippen LogP contribution >= 0.6 is 11.3 Å². The molecular weight excluding hydrogens is 344 g/mol. The summed E-state index contributed by atoms with van der Waals surface area (Å²) in [6, 6.07) is 27.2. The second kappa shape index (κ2) is 7.17. The van der Waals surface area contributed by atoms with Crippen molar-refractivity contribution in [2.24, 2.45) is 0 Å². The van der Waals surface area contributed by atoms with Gasteiger partial charge in [0.15, 0.2) is 0 Å². The fraction of sp³-hybridized carbons (Fsp3) is 0.154. The fourth-order valence-corrected chi connectivity index (χ4v) is 4.85. The van der Waals surface area contributed by atoms with Crippen LogP contribution in [0.4, 0.5) is 0 Å². The molecule has 27 heavy (non-hydrogen) atoms. The smallest absolute Gasteiger partial charge is 0.0349 e. The first-order valence-electron chi connectivity index (χ1n) is 9.70. The van der Waals surface area contributed by atoms with Crippen molar-refractivity contribution in [2.75, 3.05) is 0 Å². The minimum Gasteiger partial charge on any atom is -0.136 e. The summed E-state index contributed by atoms with van der Waals surface area (Å²) in [6.07, 6.45) is 9.00. The Kier molecular flexibility index (Phi) is 4.39. The van der Waals surface area contributed by atoms with Gasteiger partial charge in [0.2, 0.25) is 0 Å². The van der Waals surface area contributed by atoms with E-state index in [2.05, 4.69) is 84.9 Å². The molecule has 0 radical (unpaired) electrons. The van der Waals surface area contributed by atoms with Gasteiger partial charge in [-0.2, -0.15) is 0 Å². The van der Waals surface area contributed by atoms with Crippen LogP contribution in [0.5, 0.6) is 0 Å². The minimum atomic E-state index is 1.09. The van der Waals surface area contributed by atoms with Gasteiger partial charge in [0.05, 0.1) is 0 Å². The number of hydrogen-bond acceptors (Lipinski definition) is 1. The first-order valence-corrected chi connectivity index (χ1v) is 10.5. The first kappa shape index (κ1) is 16.5. The Balaban J connectivity index is 1.48. The van der Waals surface area contributed by atoms with E-state index >= 15 is 0 Å². The van der Waals surface area contributed by atoms with Crippen LogP contribution in [0.1, 0.15) is 32.7 Å². The van der Waals surface area contributed by atoms with Crippen LogP contribution in [0.3, 0.4) is 0 Å². The minimum absolute atomic E-state index is 1.09. The molecule has 0 nitrogen and oxygen atoms in total. The van der Waals surface area contributed by atoms with Gasteiger partial charge in [-0.25, -0.2) is 0 Å². The maximum atomic E-state index is 2.40. The summed E-state index contributed by atoms with van der Waals surface area (Å²) in [6.45, 7) is 0. The molecule has 8 rings (SSSR count). The summed E-state index contributed by atoms with van der Waals surface area (Å²) in [4.78, 5) is 1.32. The molecule has 0 spiro atoms. The molecule has 0 fully saturated rings. The van der Waals surface area contributed by atoms with Gasteiger partial charge in [-0.3, -0.25) is 0 Å². The number of fused-ring (bicyclic) bond motifs is 1. The van der Waals surface area contributed by atoms with Crippen molar-refractivity contribution in [3.8, 4) is 0 Å². The lowest BCUT2D eigenvalue weighted by molar-refractivity contribution is 0.919. The lowest BCUT2D eigenvalue weighted by Gasteiger charge is -2.12. The zero-order chi connectivity index (χ0) is 18.1. The third kappa shape index (κ3) is 3.61. The predicted octanol–water partition coefficient (Wildman–Crippen LogP) is 6.96. The molecule has 132 valence electrons. The molecule has 1 heteroatoms. The Hall–Kier alpha value is -2.64. The average molecular weight is 367 g/mol. The highest BCUT2D eigenvalue weighted by atomic mass is 32.1. The van der Waals surface area contributed by atoms with Crippen molar-refractivity contribution < 1.29 is 0 Å². The van der Waals surface area contributed by atoms with Gasteiger partial charge in [-0.15, -0.1) is 11.3 Å². The van der Waals surface area contributed by atoms with Crippen LogP contribution in [-0.4, -0.2) is 0 Å². The molecule has 4 aliphatic carbocycles. The topological polar surface area (TPSA) is 0 Å². The number of thiophene rings is 1. The molecule has 0 saturated heterocycles. The lowest BCUT2D eigenvalue weighted by atomic mass is 9.93. The van der Waals surface area contributed by atoms with Crippen LogP contribution in [0, 0.1) is 0 Å². The van der Waals surface area contributed by atoms with E-state index in [1.165, 1.54) is 42.8 Å². The van der Waals surface area contributed by atoms with Gasteiger partial charge in [0.25, 0.3) is 0 Å². The Morgan fingerprint density at radius 2 is 1.33 bits per heavy atom. The Bertz CT molecular complexity index is 1080. The first-order chi connectivity index (χ1) is 13.3. The van der Waals surface area contributed by atoms with Gasteiger partial charge in [0, 0.05) is 9.58 Å². The van der Waals surface area contributed by atoms with Crippen molar-refractivity contribution in [3.05, 3.63) is 105 Å². The molecule has 1 aromatic heterocycles. The highest BCUT2D eigenvalue weighted by Crippen LogP contribution is 2.27. The van der Waals surface area contributed by atoms with Gasteiger partial charge in [0.1, 0.15) is 0 Å². The van der Waals surface area contributed by atoms with Crippen LogP contribution in [0.15, 0.2) is 72.8 Å². The van der Waals surface area contributed by atoms with Gasteiger partial charge in [-0.1, -0.05) is 66.7 Å². The van der Waals surface area contributed by atoms with Gasteiger partial charge in [-0.05, 0) is 77.1 Å². The van der Waals surface area contributed by atoms with Gasteiger partial charge >= 0.3 is 0 Å². The van der Waals surface area contributed by atoms with Gasteiger partial charge < -0.3 is 0 Å². The second-order valence-corrected chi connectivity index (χ2v) is 8.48. The van der Waals surface area contributed by atoms with E-state index in [-0.39, 0.29) is 0 Å². The molecular formula is C26H22S. The highest BCUT2D eigenvalue weighted by molar-refractivity contribution is 7.19. The van der Waals surface area contributed by atoms with Crippen molar-refractivity contribution >= 4 is 33.6 Å². The standard InChI is InChI=1S/C26H22S/c1-2-4-26-24(3-1)18-25(27-26)16-15-23-17-21-10-9-19-5-7-20(8-6-19)11-13-22(23)14-12-21/h1-8,12,14-18H,9-11,13H2/b16-15+. The predicted molar refractivity (Wildman–Crippen MR) is 118 cm³/mol. The molecule has 4 aliphatic rings. The van der Waals surface area contributed by atoms with Crippen LogP contribution in [0.2, 0.25) is 0 Å². The maximum absolute atomic E-state index is 2.40. The largest absolute Gasteiger partial charge is 0.136 e. The molecule has 0 saturated carbocycles. The molecule has 0 amide bonds. The summed E-state index contributed by atoms with van der Waals surface area (Å²) >= 11 is 1.86. The van der Waals surface area contributed by atoms with E-state index < -0.39 is 0 Å². The van der Waals surface area contributed by atoms with Crippen molar-refractivity contribution in [2.45, 2.75) is 25.7 Å². The number of rotatable bonds is 2. The highest BCUT2D eigenvalue weighted by Gasteiger charge is 2.07. The monoisotopic (exact) mass is 366 g/mol. The SMILES string of the molecule is C(=C\c1cc2ccc1CCc1ccc(cc1)CC2)/c1cc2ccccc2s1. The van der Waals surface area contributed by atoms with E-state index in [1.54, 1.807) is 0 Å². The van der Waals surface area contributed by atoms with Crippen LogP contribution in [0.25, 0.3) is 22.2 Å². The van der Waals surface area contributed by atoms with Crippen molar-refractivity contribution in [1.29, 1.82) is 0 Å². The Morgan fingerprint density at radius 1 is 0.630 bits per heavy atom. The Morgan fingerprint density at radius 3 is 2.15 bits per heavy atom. The summed E-state index contributed by atoms with van der Waals surface area (Å²) in [5.41, 5.74) is 7.12. The number of hydrogen-bond donors (Lipinski definition) is 0. The van der Waals surface area contributed by atoms with Crippen molar-refractivity contribution in [1.82, 2.24) is 0 Å². The third-order valence-electron chi connectivity index (χ3n) is 5.49.